The molecule has 0 saturated carbocycles. The van der Waals surface area contributed by atoms with Crippen molar-refractivity contribution in [3.63, 3.8) is 0 Å². The normalized spacial score (nSPS) is 11.3. The van der Waals surface area contributed by atoms with Crippen LogP contribution >= 0.6 is 0 Å². The van der Waals surface area contributed by atoms with Gasteiger partial charge in [-0.1, -0.05) is 12.1 Å². The van der Waals surface area contributed by atoms with Gasteiger partial charge in [-0.3, -0.25) is 14.7 Å². The lowest BCUT2D eigenvalue weighted by Crippen LogP contribution is -2.29. The summed E-state index contributed by atoms with van der Waals surface area (Å²) in [6, 6.07) is 11.4. The maximum Gasteiger partial charge on any atom is 0.342 e. The molecule has 0 unspecified atom stereocenters. The Labute approximate surface area is 154 Å². The molecule has 10 heteroatoms. The zero-order valence-electron chi connectivity index (χ0n) is 14.2. The van der Waals surface area contributed by atoms with Crippen LogP contribution in [-0.2, 0) is 16.6 Å². The van der Waals surface area contributed by atoms with Crippen LogP contribution in [0.2, 0.25) is 0 Å². The van der Waals surface area contributed by atoms with Gasteiger partial charge < -0.3 is 4.74 Å². The number of hydrogen-bond acceptors (Lipinski definition) is 6. The van der Waals surface area contributed by atoms with Gasteiger partial charge in [-0.15, -0.1) is 0 Å². The number of hydrogen-bond donors (Lipinski definition) is 0. The Morgan fingerprint density at radius 3 is 2.22 bits per heavy atom. The van der Waals surface area contributed by atoms with E-state index in [1.807, 2.05) is 0 Å². The van der Waals surface area contributed by atoms with Crippen molar-refractivity contribution in [2.24, 2.45) is 0 Å². The predicted octanol–water partition coefficient (Wildman–Crippen LogP) is 1.85. The molecule has 0 radical (unpaired) electrons. The molecule has 140 valence electrons. The second-order valence-electron chi connectivity index (χ2n) is 5.61. The zero-order chi connectivity index (χ0) is 19.6. The molecule has 0 aliphatic heterocycles. The van der Waals surface area contributed by atoms with E-state index in [0.717, 1.165) is 0 Å². The molecular formula is C17H15N3O6S. The molecule has 0 aliphatic carbocycles. The van der Waals surface area contributed by atoms with Crippen molar-refractivity contribution in [1.82, 2.24) is 8.54 Å². The number of benzene rings is 2. The molecule has 9 nitrogen and oxygen atoms in total. The molecule has 2 aromatic carbocycles. The van der Waals surface area contributed by atoms with E-state index in [4.69, 9.17) is 4.74 Å². The molecule has 0 bridgehead atoms. The second-order valence-corrected chi connectivity index (χ2v) is 7.42. The van der Waals surface area contributed by atoms with Gasteiger partial charge in [0.2, 0.25) is 0 Å². The first kappa shape index (κ1) is 18.4. The molecule has 0 spiro atoms. The quantitative estimate of drug-likeness (QED) is 0.470. The minimum absolute atomic E-state index is 0.0431. The molecule has 27 heavy (non-hydrogen) atoms. The average Bonchev–Trinajstić information content (AvgIpc) is 3.03. The first-order chi connectivity index (χ1) is 12.8. The van der Waals surface area contributed by atoms with Gasteiger partial charge in [-0.2, -0.15) is 3.97 Å². The highest BCUT2D eigenvalue weighted by Gasteiger charge is 2.20. The fourth-order valence-corrected chi connectivity index (χ4v) is 3.71. The maximum atomic E-state index is 12.7. The summed E-state index contributed by atoms with van der Waals surface area (Å²) in [5.41, 5.74) is -0.169. The third-order valence-electron chi connectivity index (χ3n) is 3.93. The highest BCUT2D eigenvalue weighted by molar-refractivity contribution is 7.90. The van der Waals surface area contributed by atoms with Crippen LogP contribution in [0, 0.1) is 10.1 Å². The van der Waals surface area contributed by atoms with E-state index < -0.39 is 20.6 Å². The maximum absolute atomic E-state index is 12.7. The molecule has 0 N–H and O–H groups in total. The Morgan fingerprint density at radius 1 is 1.04 bits per heavy atom. The van der Waals surface area contributed by atoms with Crippen LogP contribution in [0.3, 0.4) is 0 Å². The van der Waals surface area contributed by atoms with Crippen molar-refractivity contribution in [3.8, 4) is 5.75 Å². The predicted molar refractivity (Wildman–Crippen MR) is 96.5 cm³/mol. The number of non-ortho nitro benzene ring substituents is 1. The molecule has 1 heterocycles. The number of nitrogens with zero attached hydrogens (tertiary/aromatic N) is 3. The van der Waals surface area contributed by atoms with E-state index in [1.165, 1.54) is 72.6 Å². The largest absolute Gasteiger partial charge is 0.497 e. The Kier molecular flexibility index (Phi) is 4.82. The van der Waals surface area contributed by atoms with E-state index in [0.29, 0.717) is 15.3 Å². The summed E-state index contributed by atoms with van der Waals surface area (Å²) < 4.78 is 32.2. The fourth-order valence-electron chi connectivity index (χ4n) is 2.48. The summed E-state index contributed by atoms with van der Waals surface area (Å²) in [5.74, 6) is 0.497. The Balaban J connectivity index is 1.89. The van der Waals surface area contributed by atoms with Crippen molar-refractivity contribution in [1.29, 1.82) is 0 Å². The van der Waals surface area contributed by atoms with E-state index in [9.17, 15) is 23.3 Å². The summed E-state index contributed by atoms with van der Waals surface area (Å²) >= 11 is 0. The number of nitro benzene ring substituents is 1. The topological polar surface area (TPSA) is 113 Å². The molecule has 0 aliphatic rings. The number of imidazole rings is 1. The van der Waals surface area contributed by atoms with Gasteiger partial charge in [0.25, 0.3) is 15.7 Å². The van der Waals surface area contributed by atoms with Gasteiger partial charge >= 0.3 is 5.69 Å². The molecule has 3 rings (SSSR count). The van der Waals surface area contributed by atoms with Crippen molar-refractivity contribution < 1.29 is 18.1 Å². The number of nitro groups is 1. The summed E-state index contributed by atoms with van der Waals surface area (Å²) in [5, 5.41) is 10.7. The molecule has 0 fully saturated rings. The molecule has 1 aromatic heterocycles. The second kappa shape index (κ2) is 7.08. The third kappa shape index (κ3) is 3.60. The highest BCUT2D eigenvalue weighted by atomic mass is 32.2. The number of aromatic nitrogens is 2. The summed E-state index contributed by atoms with van der Waals surface area (Å²) in [6.45, 7) is 0.0853. The van der Waals surface area contributed by atoms with Crippen molar-refractivity contribution >= 4 is 15.7 Å². The lowest BCUT2D eigenvalue weighted by atomic mass is 10.2. The van der Waals surface area contributed by atoms with E-state index in [-0.39, 0.29) is 17.1 Å². The summed E-state index contributed by atoms with van der Waals surface area (Å²) in [4.78, 5) is 22.6. The Hall–Kier alpha value is -3.40. The minimum Gasteiger partial charge on any atom is -0.497 e. The monoisotopic (exact) mass is 389 g/mol. The highest BCUT2D eigenvalue weighted by Crippen LogP contribution is 2.17. The minimum atomic E-state index is -4.05. The van der Waals surface area contributed by atoms with Crippen molar-refractivity contribution in [2.75, 3.05) is 7.11 Å². The van der Waals surface area contributed by atoms with Gasteiger partial charge in [-0.25, -0.2) is 13.2 Å². The van der Waals surface area contributed by atoms with E-state index in [2.05, 4.69) is 0 Å². The van der Waals surface area contributed by atoms with Crippen LogP contribution < -0.4 is 10.4 Å². The fraction of sp³-hybridized carbons (Fsp3) is 0.118. The number of methoxy groups -OCH3 is 1. The van der Waals surface area contributed by atoms with Gasteiger partial charge in [0, 0.05) is 24.5 Å². The first-order valence-corrected chi connectivity index (χ1v) is 9.17. The summed E-state index contributed by atoms with van der Waals surface area (Å²) in [6.07, 6.45) is 2.53. The molecule has 0 atom stereocenters. The zero-order valence-corrected chi connectivity index (χ0v) is 15.0. The van der Waals surface area contributed by atoms with Crippen LogP contribution in [0.15, 0.2) is 70.6 Å². The lowest BCUT2D eigenvalue weighted by Gasteiger charge is -2.06. The van der Waals surface area contributed by atoms with Crippen LogP contribution in [0.5, 0.6) is 5.75 Å². The van der Waals surface area contributed by atoms with E-state index >= 15 is 0 Å². The van der Waals surface area contributed by atoms with Crippen molar-refractivity contribution in [3.05, 3.63) is 87.1 Å². The third-order valence-corrected chi connectivity index (χ3v) is 5.60. The number of rotatable bonds is 6. The Bertz CT molecular complexity index is 1130. The molecular weight excluding hydrogens is 374 g/mol. The van der Waals surface area contributed by atoms with Gasteiger partial charge in [0.1, 0.15) is 5.75 Å². The standard InChI is InChI=1S/C17H15N3O6S/c1-26-15-6-8-16(9-7-15)27(24,25)19-11-10-18(17(19)21)12-13-2-4-14(5-3-13)20(22)23/h2-11H,12H2,1H3. The van der Waals surface area contributed by atoms with Crippen LogP contribution in [-0.4, -0.2) is 29.0 Å². The van der Waals surface area contributed by atoms with Gasteiger partial charge in [0.15, 0.2) is 0 Å². The summed E-state index contributed by atoms with van der Waals surface area (Å²) in [7, 11) is -2.58. The SMILES string of the molecule is COc1ccc(S(=O)(=O)n2ccn(Cc3ccc([N+](=O)[O-])cc3)c2=O)cc1. The molecule has 0 saturated heterocycles. The smallest absolute Gasteiger partial charge is 0.342 e. The van der Waals surface area contributed by atoms with Crippen LogP contribution in [0.1, 0.15) is 5.56 Å². The molecule has 3 aromatic rings. The van der Waals surface area contributed by atoms with Crippen molar-refractivity contribution in [2.45, 2.75) is 11.4 Å². The number of ether oxygens (including phenoxy) is 1. The van der Waals surface area contributed by atoms with Gasteiger partial charge in [-0.05, 0) is 29.8 Å². The lowest BCUT2D eigenvalue weighted by molar-refractivity contribution is -0.384. The van der Waals surface area contributed by atoms with Crippen LogP contribution in [0.25, 0.3) is 0 Å². The first-order valence-electron chi connectivity index (χ1n) is 7.73. The average molecular weight is 389 g/mol. The van der Waals surface area contributed by atoms with Crippen LogP contribution in [0.4, 0.5) is 5.69 Å². The van der Waals surface area contributed by atoms with Gasteiger partial charge in [0.05, 0.1) is 23.5 Å². The molecule has 0 amide bonds. The van der Waals surface area contributed by atoms with E-state index in [1.54, 1.807) is 0 Å². The Morgan fingerprint density at radius 2 is 1.67 bits per heavy atom.